The summed E-state index contributed by atoms with van der Waals surface area (Å²) in [5, 5.41) is 6.02. The molecule has 5 heteroatoms. The molecule has 0 aromatic rings. The first-order valence-electron chi connectivity index (χ1n) is 5.65. The topological polar surface area (TPSA) is 59.6 Å². The second kappa shape index (κ2) is 3.73. The van der Waals surface area contributed by atoms with E-state index in [1.807, 2.05) is 0 Å². The van der Waals surface area contributed by atoms with Crippen LogP contribution in [0.3, 0.4) is 0 Å². The Bertz CT molecular complexity index is 265. The standard InChI is InChI=1S/C10H16N2O3/c13-10-9-8(12-10)6(5-11-9)15-7-3-1-2-4-14-7/h6-9,11H,1-5H2,(H,12,13)/t6-,7?,8+,9-/m0/s1. The van der Waals surface area contributed by atoms with Crippen molar-refractivity contribution in [2.75, 3.05) is 13.2 Å². The second-order valence-corrected chi connectivity index (χ2v) is 4.39. The summed E-state index contributed by atoms with van der Waals surface area (Å²) < 4.78 is 11.3. The number of rotatable bonds is 2. The first-order valence-corrected chi connectivity index (χ1v) is 5.65. The van der Waals surface area contributed by atoms with Gasteiger partial charge >= 0.3 is 0 Å². The Morgan fingerprint density at radius 2 is 2.33 bits per heavy atom. The van der Waals surface area contributed by atoms with E-state index in [0.717, 1.165) is 26.0 Å². The molecule has 3 aliphatic heterocycles. The average Bonchev–Trinajstić information content (AvgIpc) is 2.57. The van der Waals surface area contributed by atoms with Crippen molar-refractivity contribution < 1.29 is 14.3 Å². The van der Waals surface area contributed by atoms with Crippen molar-refractivity contribution in [2.24, 2.45) is 0 Å². The van der Waals surface area contributed by atoms with Crippen LogP contribution in [0, 0.1) is 0 Å². The van der Waals surface area contributed by atoms with E-state index in [4.69, 9.17) is 9.47 Å². The van der Waals surface area contributed by atoms with Crippen LogP contribution >= 0.6 is 0 Å². The average molecular weight is 212 g/mol. The highest BCUT2D eigenvalue weighted by Crippen LogP contribution is 2.23. The van der Waals surface area contributed by atoms with Crippen LogP contribution in [0.1, 0.15) is 19.3 Å². The van der Waals surface area contributed by atoms with Gasteiger partial charge in [-0.3, -0.25) is 4.79 Å². The molecule has 0 aromatic carbocycles. The third-order valence-electron chi connectivity index (χ3n) is 3.35. The molecule has 4 atom stereocenters. The summed E-state index contributed by atoms with van der Waals surface area (Å²) in [7, 11) is 0. The highest BCUT2D eigenvalue weighted by Gasteiger charge is 2.50. The third kappa shape index (κ3) is 1.64. The lowest BCUT2D eigenvalue weighted by Crippen LogP contribution is -2.66. The summed E-state index contributed by atoms with van der Waals surface area (Å²) in [6, 6.07) is 0.126. The Balaban J connectivity index is 1.53. The number of carbonyl (C=O) groups is 1. The predicted molar refractivity (Wildman–Crippen MR) is 52.2 cm³/mol. The molecule has 2 N–H and O–H groups in total. The van der Waals surface area contributed by atoms with Gasteiger partial charge in [-0.1, -0.05) is 0 Å². The molecule has 1 amide bonds. The summed E-state index contributed by atoms with van der Waals surface area (Å²) in [5.74, 6) is 0.0932. The van der Waals surface area contributed by atoms with Gasteiger partial charge in [0.05, 0.1) is 12.1 Å². The van der Waals surface area contributed by atoms with Gasteiger partial charge in [-0.25, -0.2) is 0 Å². The van der Waals surface area contributed by atoms with Gasteiger partial charge in [-0.2, -0.15) is 0 Å². The highest BCUT2D eigenvalue weighted by atomic mass is 16.7. The third-order valence-corrected chi connectivity index (χ3v) is 3.35. The molecule has 0 saturated carbocycles. The molecule has 0 bridgehead atoms. The van der Waals surface area contributed by atoms with Crippen molar-refractivity contribution in [3.8, 4) is 0 Å². The van der Waals surface area contributed by atoms with Crippen LogP contribution in [-0.2, 0) is 14.3 Å². The lowest BCUT2D eigenvalue weighted by atomic mass is 9.99. The lowest BCUT2D eigenvalue weighted by molar-refractivity contribution is -0.191. The molecule has 3 rings (SSSR count). The minimum Gasteiger partial charge on any atom is -0.353 e. The molecule has 0 aliphatic carbocycles. The van der Waals surface area contributed by atoms with Crippen molar-refractivity contribution >= 4 is 5.91 Å². The van der Waals surface area contributed by atoms with Gasteiger partial charge in [0.2, 0.25) is 5.91 Å². The van der Waals surface area contributed by atoms with Crippen molar-refractivity contribution in [3.63, 3.8) is 0 Å². The molecule has 0 spiro atoms. The fourth-order valence-electron chi connectivity index (χ4n) is 2.45. The van der Waals surface area contributed by atoms with Crippen LogP contribution < -0.4 is 10.6 Å². The number of amides is 1. The van der Waals surface area contributed by atoms with E-state index >= 15 is 0 Å². The number of hydrogen-bond acceptors (Lipinski definition) is 4. The number of carbonyl (C=O) groups excluding carboxylic acids is 1. The first-order chi connectivity index (χ1) is 7.34. The summed E-state index contributed by atoms with van der Waals surface area (Å²) in [4.78, 5) is 11.1. The van der Waals surface area contributed by atoms with Gasteiger partial charge in [-0.15, -0.1) is 0 Å². The van der Waals surface area contributed by atoms with Gasteiger partial charge in [0.25, 0.3) is 0 Å². The summed E-state index contributed by atoms with van der Waals surface area (Å²) in [6.07, 6.45) is 3.29. The van der Waals surface area contributed by atoms with Crippen molar-refractivity contribution in [1.82, 2.24) is 10.6 Å². The normalized spacial score (nSPS) is 44.4. The maximum atomic E-state index is 11.1. The van der Waals surface area contributed by atoms with Gasteiger partial charge in [0, 0.05) is 13.2 Å². The molecular weight excluding hydrogens is 196 g/mol. The summed E-state index contributed by atoms with van der Waals surface area (Å²) >= 11 is 0. The van der Waals surface area contributed by atoms with Gasteiger partial charge in [0.15, 0.2) is 6.29 Å². The summed E-state index contributed by atoms with van der Waals surface area (Å²) in [5.41, 5.74) is 0. The van der Waals surface area contributed by atoms with Crippen LogP contribution in [0.5, 0.6) is 0 Å². The molecular formula is C10H16N2O3. The van der Waals surface area contributed by atoms with E-state index in [-0.39, 0.29) is 30.4 Å². The molecule has 15 heavy (non-hydrogen) atoms. The predicted octanol–water partition coefficient (Wildman–Crippen LogP) is -0.632. The quantitative estimate of drug-likeness (QED) is 0.598. The van der Waals surface area contributed by atoms with Crippen molar-refractivity contribution in [3.05, 3.63) is 0 Å². The van der Waals surface area contributed by atoms with Gasteiger partial charge < -0.3 is 20.1 Å². The fourth-order valence-corrected chi connectivity index (χ4v) is 2.45. The van der Waals surface area contributed by atoms with E-state index < -0.39 is 0 Å². The maximum absolute atomic E-state index is 11.1. The summed E-state index contributed by atoms with van der Waals surface area (Å²) in [6.45, 7) is 1.54. The SMILES string of the molecule is O=C1N[C@@H]2[C@@H](OC3CCCCO3)CN[C@H]12. The van der Waals surface area contributed by atoms with E-state index in [1.165, 1.54) is 6.42 Å². The molecule has 1 unspecified atom stereocenters. The van der Waals surface area contributed by atoms with Crippen LogP contribution in [0.15, 0.2) is 0 Å². The number of fused-ring (bicyclic) bond motifs is 1. The van der Waals surface area contributed by atoms with E-state index in [2.05, 4.69) is 10.6 Å². The zero-order valence-electron chi connectivity index (χ0n) is 8.57. The van der Waals surface area contributed by atoms with Crippen LogP contribution in [-0.4, -0.2) is 43.5 Å². The molecule has 3 aliphatic rings. The molecule has 5 nitrogen and oxygen atoms in total. The molecule has 3 heterocycles. The maximum Gasteiger partial charge on any atom is 0.239 e. The monoisotopic (exact) mass is 212 g/mol. The van der Waals surface area contributed by atoms with Crippen LogP contribution in [0.4, 0.5) is 0 Å². The van der Waals surface area contributed by atoms with E-state index in [0.29, 0.717) is 0 Å². The minimum absolute atomic E-state index is 0.0291. The molecule has 0 radical (unpaired) electrons. The minimum atomic E-state index is -0.0678. The smallest absolute Gasteiger partial charge is 0.239 e. The van der Waals surface area contributed by atoms with Gasteiger partial charge in [-0.05, 0) is 19.3 Å². The zero-order valence-corrected chi connectivity index (χ0v) is 8.57. The Morgan fingerprint density at radius 3 is 3.00 bits per heavy atom. The second-order valence-electron chi connectivity index (χ2n) is 4.39. The Kier molecular flexibility index (Phi) is 2.38. The van der Waals surface area contributed by atoms with Crippen molar-refractivity contribution in [1.29, 1.82) is 0 Å². The lowest BCUT2D eigenvalue weighted by Gasteiger charge is -2.35. The highest BCUT2D eigenvalue weighted by molar-refractivity contribution is 5.90. The largest absolute Gasteiger partial charge is 0.353 e. The van der Waals surface area contributed by atoms with E-state index in [1.54, 1.807) is 0 Å². The first kappa shape index (κ1) is 9.57. The molecule has 84 valence electrons. The van der Waals surface area contributed by atoms with E-state index in [9.17, 15) is 4.79 Å². The fraction of sp³-hybridized carbons (Fsp3) is 0.900. The number of nitrogens with one attached hydrogen (secondary N) is 2. The zero-order chi connectivity index (χ0) is 10.3. The number of β-lactam (4-membered cyclic amide) rings is 1. The Labute approximate surface area is 88.5 Å². The number of ether oxygens (including phenoxy) is 2. The van der Waals surface area contributed by atoms with Crippen LogP contribution in [0.2, 0.25) is 0 Å². The molecule has 3 saturated heterocycles. The molecule has 3 fully saturated rings. The Morgan fingerprint density at radius 1 is 1.40 bits per heavy atom. The van der Waals surface area contributed by atoms with Crippen molar-refractivity contribution in [2.45, 2.75) is 43.7 Å². The van der Waals surface area contributed by atoms with Crippen LogP contribution in [0.25, 0.3) is 0 Å². The Hall–Kier alpha value is -0.650. The van der Waals surface area contributed by atoms with Gasteiger partial charge in [0.1, 0.15) is 6.04 Å². The number of hydrogen-bond donors (Lipinski definition) is 2. The molecule has 0 aromatic heterocycles.